The summed E-state index contributed by atoms with van der Waals surface area (Å²) >= 11 is 0. The van der Waals surface area contributed by atoms with E-state index in [0.717, 1.165) is 5.56 Å². The Morgan fingerprint density at radius 1 is 1.47 bits per heavy atom. The predicted octanol–water partition coefficient (Wildman–Crippen LogP) is 0.646. The van der Waals surface area contributed by atoms with Crippen molar-refractivity contribution in [2.45, 2.75) is 19.1 Å². The Labute approximate surface area is 88.0 Å². The molecule has 0 radical (unpaired) electrons. The van der Waals surface area contributed by atoms with Gasteiger partial charge in [0.05, 0.1) is 0 Å². The highest BCUT2D eigenvalue weighted by molar-refractivity contribution is 5.72. The van der Waals surface area contributed by atoms with Gasteiger partial charge in [-0.2, -0.15) is 0 Å². The van der Waals surface area contributed by atoms with Crippen LogP contribution in [0, 0.1) is 0 Å². The van der Waals surface area contributed by atoms with Crippen molar-refractivity contribution in [2.24, 2.45) is 5.73 Å². The maximum Gasteiger partial charge on any atom is 0.304 e. The van der Waals surface area contributed by atoms with E-state index in [4.69, 9.17) is 10.5 Å². The molecule has 1 unspecified atom stereocenters. The Morgan fingerprint density at radius 2 is 2.07 bits per heavy atom. The molecule has 0 heterocycles. The van der Waals surface area contributed by atoms with Crippen LogP contribution < -0.4 is 5.73 Å². The summed E-state index contributed by atoms with van der Waals surface area (Å²) in [6.07, 6.45) is 0.623. The standard InChI is InChI=1S/C11H13NO3/c1-9(14)15-11(12,8-13)7-10-5-3-2-4-6-10/h2-6,8H,7,12H2,1H3. The lowest BCUT2D eigenvalue weighted by Crippen LogP contribution is -2.47. The molecule has 15 heavy (non-hydrogen) atoms. The molecule has 80 valence electrons. The molecule has 1 atom stereocenters. The molecule has 0 aliphatic rings. The molecule has 0 saturated heterocycles. The van der Waals surface area contributed by atoms with Gasteiger partial charge < -0.3 is 4.74 Å². The van der Waals surface area contributed by atoms with E-state index in [-0.39, 0.29) is 6.42 Å². The maximum absolute atomic E-state index is 10.8. The van der Waals surface area contributed by atoms with E-state index in [1.54, 1.807) is 0 Å². The van der Waals surface area contributed by atoms with E-state index in [2.05, 4.69) is 0 Å². The number of ether oxygens (including phenoxy) is 1. The molecule has 1 aromatic carbocycles. The number of aldehydes is 1. The lowest BCUT2D eigenvalue weighted by molar-refractivity contribution is -0.160. The number of esters is 1. The number of carbonyl (C=O) groups is 2. The molecule has 4 heteroatoms. The summed E-state index contributed by atoms with van der Waals surface area (Å²) in [5, 5.41) is 0. The van der Waals surface area contributed by atoms with Gasteiger partial charge in [-0.1, -0.05) is 30.3 Å². The highest BCUT2D eigenvalue weighted by Gasteiger charge is 2.28. The molecule has 0 aliphatic carbocycles. The molecule has 2 N–H and O–H groups in total. The van der Waals surface area contributed by atoms with Gasteiger partial charge in [0.2, 0.25) is 5.72 Å². The second-order valence-electron chi connectivity index (χ2n) is 3.33. The number of hydrogen-bond acceptors (Lipinski definition) is 4. The van der Waals surface area contributed by atoms with E-state index < -0.39 is 11.7 Å². The first-order valence-corrected chi connectivity index (χ1v) is 4.54. The van der Waals surface area contributed by atoms with Crippen LogP contribution in [-0.2, 0) is 20.7 Å². The van der Waals surface area contributed by atoms with Crippen LogP contribution in [0.25, 0.3) is 0 Å². The number of nitrogens with two attached hydrogens (primary N) is 1. The van der Waals surface area contributed by atoms with Crippen molar-refractivity contribution in [3.8, 4) is 0 Å². The molecule has 1 rings (SSSR count). The average Bonchev–Trinajstić information content (AvgIpc) is 2.18. The van der Waals surface area contributed by atoms with Crippen LogP contribution in [0.3, 0.4) is 0 Å². The van der Waals surface area contributed by atoms with E-state index in [0.29, 0.717) is 6.29 Å². The smallest absolute Gasteiger partial charge is 0.304 e. The molecule has 0 saturated carbocycles. The summed E-state index contributed by atoms with van der Waals surface area (Å²) < 4.78 is 4.76. The fraction of sp³-hybridized carbons (Fsp3) is 0.273. The van der Waals surface area contributed by atoms with Gasteiger partial charge in [-0.05, 0) is 5.56 Å². The summed E-state index contributed by atoms with van der Waals surface area (Å²) in [7, 11) is 0. The first-order chi connectivity index (χ1) is 7.06. The molecule has 0 aliphatic heterocycles. The van der Waals surface area contributed by atoms with E-state index >= 15 is 0 Å². The van der Waals surface area contributed by atoms with Crippen LogP contribution in [-0.4, -0.2) is 18.0 Å². The largest absolute Gasteiger partial charge is 0.437 e. The zero-order valence-electron chi connectivity index (χ0n) is 8.47. The Kier molecular flexibility index (Phi) is 3.57. The topological polar surface area (TPSA) is 69.4 Å². The third kappa shape index (κ3) is 3.52. The molecule has 0 spiro atoms. The minimum atomic E-state index is -1.56. The first-order valence-electron chi connectivity index (χ1n) is 4.54. The third-order valence-electron chi connectivity index (χ3n) is 1.86. The van der Waals surface area contributed by atoms with Crippen molar-refractivity contribution in [1.29, 1.82) is 0 Å². The second-order valence-corrected chi connectivity index (χ2v) is 3.33. The van der Waals surface area contributed by atoms with Crippen molar-refractivity contribution in [3.63, 3.8) is 0 Å². The van der Waals surface area contributed by atoms with Crippen LogP contribution in [0.5, 0.6) is 0 Å². The predicted molar refractivity (Wildman–Crippen MR) is 54.9 cm³/mol. The number of benzene rings is 1. The van der Waals surface area contributed by atoms with Gasteiger partial charge in [0.25, 0.3) is 0 Å². The molecule has 0 amide bonds. The highest BCUT2D eigenvalue weighted by atomic mass is 16.6. The normalized spacial score (nSPS) is 14.0. The number of carbonyl (C=O) groups excluding carboxylic acids is 2. The lowest BCUT2D eigenvalue weighted by atomic mass is 10.0. The summed E-state index contributed by atoms with van der Waals surface area (Å²) in [5.41, 5.74) is 4.90. The average molecular weight is 207 g/mol. The zero-order chi connectivity index (χ0) is 11.3. The fourth-order valence-electron chi connectivity index (χ4n) is 1.28. The van der Waals surface area contributed by atoms with Crippen molar-refractivity contribution in [2.75, 3.05) is 0 Å². The van der Waals surface area contributed by atoms with Crippen molar-refractivity contribution in [3.05, 3.63) is 35.9 Å². The van der Waals surface area contributed by atoms with Crippen LogP contribution in [0.2, 0.25) is 0 Å². The summed E-state index contributed by atoms with van der Waals surface area (Å²) in [6.45, 7) is 1.22. The fourth-order valence-corrected chi connectivity index (χ4v) is 1.28. The first kappa shape index (κ1) is 11.4. The van der Waals surface area contributed by atoms with Gasteiger partial charge in [-0.3, -0.25) is 15.3 Å². The highest BCUT2D eigenvalue weighted by Crippen LogP contribution is 2.10. The van der Waals surface area contributed by atoms with Crippen molar-refractivity contribution >= 4 is 12.3 Å². The lowest BCUT2D eigenvalue weighted by Gasteiger charge is -2.22. The van der Waals surface area contributed by atoms with Crippen molar-refractivity contribution < 1.29 is 14.3 Å². The molecular weight excluding hydrogens is 194 g/mol. The Hall–Kier alpha value is -1.68. The molecule has 0 bridgehead atoms. The quantitative estimate of drug-likeness (QED) is 0.447. The van der Waals surface area contributed by atoms with Gasteiger partial charge >= 0.3 is 5.97 Å². The maximum atomic E-state index is 10.8. The van der Waals surface area contributed by atoms with Crippen LogP contribution >= 0.6 is 0 Å². The van der Waals surface area contributed by atoms with Gasteiger partial charge in [0.15, 0.2) is 6.29 Å². The number of rotatable bonds is 4. The summed E-state index contributed by atoms with van der Waals surface area (Å²) in [5.74, 6) is -0.569. The monoisotopic (exact) mass is 207 g/mol. The van der Waals surface area contributed by atoms with E-state index in [1.165, 1.54) is 6.92 Å². The summed E-state index contributed by atoms with van der Waals surface area (Å²) in [4.78, 5) is 21.5. The molecule has 1 aromatic rings. The minimum absolute atomic E-state index is 0.177. The number of hydrogen-bond donors (Lipinski definition) is 1. The molecule has 0 fully saturated rings. The minimum Gasteiger partial charge on any atom is -0.437 e. The van der Waals surface area contributed by atoms with Crippen LogP contribution in [0.15, 0.2) is 30.3 Å². The Bertz CT molecular complexity index is 350. The van der Waals surface area contributed by atoms with Gasteiger partial charge in [-0.25, -0.2) is 0 Å². The zero-order valence-corrected chi connectivity index (χ0v) is 8.47. The van der Waals surface area contributed by atoms with Gasteiger partial charge in [0.1, 0.15) is 0 Å². The summed E-state index contributed by atoms with van der Waals surface area (Å²) in [6, 6.07) is 9.14. The van der Waals surface area contributed by atoms with E-state index in [9.17, 15) is 9.59 Å². The molecule has 4 nitrogen and oxygen atoms in total. The third-order valence-corrected chi connectivity index (χ3v) is 1.86. The van der Waals surface area contributed by atoms with Crippen LogP contribution in [0.1, 0.15) is 12.5 Å². The van der Waals surface area contributed by atoms with Gasteiger partial charge in [0, 0.05) is 13.3 Å². The SMILES string of the molecule is CC(=O)OC(N)(C=O)Cc1ccccc1. The van der Waals surface area contributed by atoms with E-state index in [1.807, 2.05) is 30.3 Å². The Balaban J connectivity index is 2.76. The van der Waals surface area contributed by atoms with Crippen molar-refractivity contribution in [1.82, 2.24) is 0 Å². The Morgan fingerprint density at radius 3 is 2.53 bits per heavy atom. The van der Waals surface area contributed by atoms with Crippen LogP contribution in [0.4, 0.5) is 0 Å². The van der Waals surface area contributed by atoms with Gasteiger partial charge in [-0.15, -0.1) is 0 Å². The second kappa shape index (κ2) is 4.70. The molecular formula is C11H13NO3. The molecule has 0 aromatic heterocycles.